The van der Waals surface area contributed by atoms with Gasteiger partial charge in [-0.2, -0.15) is 18.4 Å². The van der Waals surface area contributed by atoms with Gasteiger partial charge in [0.05, 0.1) is 58.0 Å². The Morgan fingerprint density at radius 1 is 1.08 bits per heavy atom. The van der Waals surface area contributed by atoms with E-state index in [4.69, 9.17) is 21.7 Å². The number of carbonyl (C=O) groups is 4. The molecular weight excluding hydrogens is 905 g/mol. The van der Waals surface area contributed by atoms with Gasteiger partial charge in [-0.15, -0.1) is 11.3 Å². The lowest BCUT2D eigenvalue weighted by Crippen LogP contribution is -2.58. The number of nitrogens with one attached hydrogen (secondary N) is 2. The summed E-state index contributed by atoms with van der Waals surface area (Å²) < 4.78 is 68.1. The Balaban J connectivity index is 1.02. The minimum Gasteiger partial charge on any atom is -0.475 e. The number of aliphatic hydroxyl groups excluding tert-OH is 1. The summed E-state index contributed by atoms with van der Waals surface area (Å²) in [4.78, 5) is 67.1. The number of β-amino-alcohol motifs (C(OH)–C–C–N with tert-alkyl or cyclic N) is 1. The minimum absolute atomic E-state index is 0.0320. The Bertz CT molecular complexity index is 2580. The van der Waals surface area contributed by atoms with E-state index in [-0.39, 0.29) is 49.4 Å². The number of carbonyl (C=O) groups excluding carboxylic acids is 4. The number of nitriles is 1. The van der Waals surface area contributed by atoms with Crippen LogP contribution in [0.5, 0.6) is 5.88 Å². The molecule has 2 aromatic heterocycles. The first-order valence-electron chi connectivity index (χ1n) is 20.7. The molecule has 0 radical (unpaired) electrons. The molecule has 0 aliphatic carbocycles. The van der Waals surface area contributed by atoms with Crippen LogP contribution in [-0.4, -0.2) is 98.8 Å². The fourth-order valence-corrected chi connectivity index (χ4v) is 9.03. The monoisotopic (exact) mass is 952 g/mol. The topological polar surface area (TPSA) is 190 Å². The number of benzene rings is 2. The summed E-state index contributed by atoms with van der Waals surface area (Å²) in [5.74, 6) is -4.09. The number of aromatic nitrogens is 2. The molecule has 3 N–H and O–H groups in total. The summed E-state index contributed by atoms with van der Waals surface area (Å²) in [6.45, 7) is 11.3. The summed E-state index contributed by atoms with van der Waals surface area (Å²) in [6.07, 6.45) is -4.80. The second kappa shape index (κ2) is 19.4. The number of likely N-dealkylation sites (tertiary alicyclic amines) is 1. The van der Waals surface area contributed by atoms with Crippen LogP contribution in [0.2, 0.25) is 0 Å². The van der Waals surface area contributed by atoms with Crippen LogP contribution in [0.15, 0.2) is 54.2 Å². The van der Waals surface area contributed by atoms with Crippen LogP contribution >= 0.6 is 23.6 Å². The number of rotatable bonds is 14. The van der Waals surface area contributed by atoms with Gasteiger partial charge in [-0.1, -0.05) is 45.0 Å². The highest BCUT2D eigenvalue weighted by Gasteiger charge is 2.52. The zero-order valence-corrected chi connectivity index (χ0v) is 38.7. The maximum absolute atomic E-state index is 15.5. The van der Waals surface area contributed by atoms with Gasteiger partial charge in [0.2, 0.25) is 23.6 Å². The van der Waals surface area contributed by atoms with Crippen LogP contribution in [-0.2, 0) is 36.6 Å². The quantitative estimate of drug-likeness (QED) is 0.0764. The number of thiazole rings is 1. The van der Waals surface area contributed by atoms with Gasteiger partial charge in [0, 0.05) is 25.6 Å². The molecule has 2 aliphatic rings. The number of nitrogens with zero attached hydrogens (tertiary/aromatic N) is 6. The smallest absolute Gasteiger partial charge is 0.420 e. The lowest BCUT2D eigenvalue weighted by Gasteiger charge is -2.35. The number of anilines is 2. The fraction of sp³-hybridized carbons (Fsp3) is 0.422. The van der Waals surface area contributed by atoms with E-state index < -0.39 is 88.2 Å². The van der Waals surface area contributed by atoms with Gasteiger partial charge in [0.25, 0.3) is 5.91 Å². The maximum atomic E-state index is 15.5. The van der Waals surface area contributed by atoms with Crippen molar-refractivity contribution in [3.8, 4) is 22.4 Å². The van der Waals surface area contributed by atoms with E-state index in [1.165, 1.54) is 42.0 Å². The van der Waals surface area contributed by atoms with Crippen LogP contribution in [0.1, 0.15) is 69.0 Å². The zero-order valence-electron chi connectivity index (χ0n) is 37.1. The van der Waals surface area contributed by atoms with Gasteiger partial charge >= 0.3 is 6.18 Å². The first-order chi connectivity index (χ1) is 30.9. The lowest BCUT2D eigenvalue weighted by atomic mass is 9.85. The molecule has 0 bridgehead atoms. The summed E-state index contributed by atoms with van der Waals surface area (Å²) >= 11 is 7.07. The van der Waals surface area contributed by atoms with Crippen LogP contribution in [0, 0.1) is 36.4 Å². The maximum Gasteiger partial charge on any atom is 0.420 e. The number of aryl methyl sites for hydroxylation is 2. The number of ether oxygens (including phenoxy) is 2. The standard InChI is InChI=1S/C45H48F4N8O7S2/c1-24-16-34(51-20-32(24)57-42(65)56(41(62)44(57,6)7)30-13-12-28(18-50)35(36(30)46)45(47,48)49)64-15-14-63-22-33(59)54-38(43(3,4)5)40(61)55-21-29(58)17-31(55)39(60)52-19-26-8-10-27(11-9-26)37-25(2)53-23-66-37/h8-13,16,20,23,29,31,38,58H,14-15,17,19,21-22H2,1-7H3,(H,52,60)(H,54,59)/t29?,31-,38+/m0/s1. The number of hydrogen-bond acceptors (Lipinski definition) is 12. The predicted molar refractivity (Wildman–Crippen MR) is 240 cm³/mol. The van der Waals surface area contributed by atoms with Gasteiger partial charge < -0.3 is 35.0 Å². The number of halogens is 4. The van der Waals surface area contributed by atoms with Gasteiger partial charge in [-0.3, -0.25) is 24.1 Å². The molecule has 66 heavy (non-hydrogen) atoms. The number of aliphatic hydroxyl groups is 1. The van der Waals surface area contributed by atoms with Crippen LogP contribution < -0.4 is 25.2 Å². The minimum atomic E-state index is -5.22. The van der Waals surface area contributed by atoms with E-state index in [1.54, 1.807) is 44.5 Å². The van der Waals surface area contributed by atoms with E-state index in [0.29, 0.717) is 10.5 Å². The average molecular weight is 953 g/mol. The number of alkyl halides is 3. The Morgan fingerprint density at radius 2 is 1.77 bits per heavy atom. The first-order valence-corrected chi connectivity index (χ1v) is 21.9. The van der Waals surface area contributed by atoms with Crippen molar-refractivity contribution in [1.82, 2.24) is 25.5 Å². The molecule has 4 amide bonds. The molecule has 2 saturated heterocycles. The third-order valence-corrected chi connectivity index (χ3v) is 12.5. The van der Waals surface area contributed by atoms with Gasteiger partial charge in [0.15, 0.2) is 10.9 Å². The highest BCUT2D eigenvalue weighted by atomic mass is 32.1. The zero-order chi connectivity index (χ0) is 48.5. The van der Waals surface area contributed by atoms with Crippen LogP contribution in [0.25, 0.3) is 10.4 Å². The molecule has 0 saturated carbocycles. The number of pyridine rings is 1. The Morgan fingerprint density at radius 3 is 2.38 bits per heavy atom. The van der Waals surface area contributed by atoms with Gasteiger partial charge in [-0.05, 0) is 74.2 Å². The summed E-state index contributed by atoms with van der Waals surface area (Å²) in [7, 11) is 0. The van der Waals surface area contributed by atoms with Crippen LogP contribution in [0.3, 0.4) is 0 Å². The molecule has 4 aromatic rings. The van der Waals surface area contributed by atoms with E-state index in [0.717, 1.165) is 33.8 Å². The van der Waals surface area contributed by atoms with Crippen molar-refractivity contribution < 1.29 is 51.3 Å². The molecule has 21 heteroatoms. The molecule has 3 atom stereocenters. The lowest BCUT2D eigenvalue weighted by molar-refractivity contribution is -0.144. The highest BCUT2D eigenvalue weighted by Crippen LogP contribution is 2.42. The van der Waals surface area contributed by atoms with Crippen molar-refractivity contribution in [3.05, 3.63) is 87.9 Å². The highest BCUT2D eigenvalue weighted by molar-refractivity contribution is 7.81. The van der Waals surface area contributed by atoms with Gasteiger partial charge in [0.1, 0.15) is 36.4 Å². The molecule has 2 aromatic carbocycles. The first kappa shape index (κ1) is 49.4. The van der Waals surface area contributed by atoms with Crippen molar-refractivity contribution >= 4 is 63.7 Å². The number of thiocarbonyl (C=S) groups is 1. The summed E-state index contributed by atoms with van der Waals surface area (Å²) in [6, 6.07) is 10.2. The second-order valence-electron chi connectivity index (χ2n) is 17.4. The molecule has 4 heterocycles. The Kier molecular flexibility index (Phi) is 14.5. The third-order valence-electron chi connectivity index (χ3n) is 11.2. The van der Waals surface area contributed by atoms with Crippen LogP contribution in [0.4, 0.5) is 28.9 Å². The van der Waals surface area contributed by atoms with Gasteiger partial charge in [-0.25, -0.2) is 14.4 Å². The molecule has 15 nitrogen and oxygen atoms in total. The van der Waals surface area contributed by atoms with Crippen molar-refractivity contribution in [2.45, 2.75) is 91.3 Å². The molecule has 0 spiro atoms. The molecule has 2 fully saturated rings. The Labute approximate surface area is 387 Å². The summed E-state index contributed by atoms with van der Waals surface area (Å²) in [5.41, 5.74) is -0.475. The summed E-state index contributed by atoms with van der Waals surface area (Å²) in [5, 5.41) is 25.0. The van der Waals surface area contributed by atoms with E-state index in [1.807, 2.05) is 31.2 Å². The normalized spacial score (nSPS) is 17.8. The van der Waals surface area contributed by atoms with Crippen molar-refractivity contribution in [3.63, 3.8) is 0 Å². The van der Waals surface area contributed by atoms with Crippen molar-refractivity contribution in [2.75, 3.05) is 36.2 Å². The van der Waals surface area contributed by atoms with Crippen molar-refractivity contribution in [2.24, 2.45) is 5.41 Å². The molecule has 350 valence electrons. The number of amides is 4. The SMILES string of the molecule is Cc1cc(OCCOCC(=O)N[C@H](C(=O)N2CC(O)C[C@H]2C(=O)NCc2ccc(-c3scnc3C)cc2)C(C)(C)C)ncc1N1C(=S)N(c2ccc(C#N)c(C(F)(F)F)c2F)C(=O)C1(C)C. The third kappa shape index (κ3) is 10.3. The molecule has 1 unspecified atom stereocenters. The average Bonchev–Trinajstić information content (AvgIpc) is 3.91. The van der Waals surface area contributed by atoms with E-state index in [9.17, 15) is 42.7 Å². The molecular formula is C45H48F4N8O7S2. The predicted octanol–water partition coefficient (Wildman–Crippen LogP) is 5.97. The number of hydrogen-bond donors (Lipinski definition) is 3. The van der Waals surface area contributed by atoms with Crippen molar-refractivity contribution in [1.29, 1.82) is 5.26 Å². The Hall–Kier alpha value is -6.08. The second-order valence-corrected chi connectivity index (χ2v) is 18.6. The van der Waals surface area contributed by atoms with E-state index in [2.05, 4.69) is 20.6 Å². The molecule has 2 aliphatic heterocycles. The largest absolute Gasteiger partial charge is 0.475 e. The van der Waals surface area contributed by atoms with E-state index >= 15 is 4.39 Å². The molecule has 6 rings (SSSR count). The fourth-order valence-electron chi connectivity index (χ4n) is 7.71.